The zero-order valence-corrected chi connectivity index (χ0v) is 13.6. The lowest BCUT2D eigenvalue weighted by molar-refractivity contribution is 0.289. The van der Waals surface area contributed by atoms with Gasteiger partial charge in [0.05, 0.1) is 15.9 Å². The Bertz CT molecular complexity index is 595. The smallest absolute Gasteiger partial charge is 0.131 e. The van der Waals surface area contributed by atoms with Crippen LogP contribution in [-0.4, -0.2) is 9.78 Å². The minimum Gasteiger partial charge on any atom is -0.487 e. The Morgan fingerprint density at radius 2 is 2.10 bits per heavy atom. The van der Waals surface area contributed by atoms with Crippen molar-refractivity contribution in [3.8, 4) is 5.75 Å². The lowest BCUT2D eigenvalue weighted by Crippen LogP contribution is -2.11. The summed E-state index contributed by atoms with van der Waals surface area (Å²) in [4.78, 5) is 0. The summed E-state index contributed by atoms with van der Waals surface area (Å²) in [7, 11) is 1.92. The molecule has 0 aliphatic heterocycles. The standard InChI is InChI=1S/C15H20BrN3O/c1-4-12(17)11-7-5-6-8-14(11)20-9-13-15(16)10(2)18-19(13)3/h5-8,12H,4,9,17H2,1-3H3/t12-/m0/s1. The summed E-state index contributed by atoms with van der Waals surface area (Å²) in [6.45, 7) is 4.50. The van der Waals surface area contributed by atoms with Gasteiger partial charge in [-0.25, -0.2) is 0 Å². The molecule has 0 radical (unpaired) electrons. The second-order valence-electron chi connectivity index (χ2n) is 4.81. The van der Waals surface area contributed by atoms with Crippen molar-refractivity contribution in [1.29, 1.82) is 0 Å². The SMILES string of the molecule is CC[C@H](N)c1ccccc1OCc1c(Br)c(C)nn1C. The Kier molecular flexibility index (Phi) is 4.83. The molecule has 0 saturated carbocycles. The van der Waals surface area contributed by atoms with Gasteiger partial charge < -0.3 is 10.5 Å². The Hall–Kier alpha value is -1.33. The number of hydrogen-bond acceptors (Lipinski definition) is 3. The Balaban J connectivity index is 2.19. The molecular formula is C15H20BrN3O. The van der Waals surface area contributed by atoms with Gasteiger partial charge in [-0.2, -0.15) is 5.10 Å². The van der Waals surface area contributed by atoms with Crippen LogP contribution in [0.3, 0.4) is 0 Å². The number of nitrogens with two attached hydrogens (primary N) is 1. The molecule has 0 unspecified atom stereocenters. The van der Waals surface area contributed by atoms with Crippen LogP contribution in [0.25, 0.3) is 0 Å². The highest BCUT2D eigenvalue weighted by molar-refractivity contribution is 9.10. The van der Waals surface area contributed by atoms with Crippen LogP contribution < -0.4 is 10.5 Å². The van der Waals surface area contributed by atoms with Crippen molar-refractivity contribution in [2.24, 2.45) is 12.8 Å². The van der Waals surface area contributed by atoms with Gasteiger partial charge in [0.15, 0.2) is 0 Å². The number of nitrogens with zero attached hydrogens (tertiary/aromatic N) is 2. The van der Waals surface area contributed by atoms with Crippen molar-refractivity contribution in [3.63, 3.8) is 0 Å². The van der Waals surface area contributed by atoms with Crippen LogP contribution in [0.2, 0.25) is 0 Å². The first-order valence-electron chi connectivity index (χ1n) is 6.69. The van der Waals surface area contributed by atoms with Crippen molar-refractivity contribution in [3.05, 3.63) is 45.7 Å². The lowest BCUT2D eigenvalue weighted by Gasteiger charge is -2.15. The van der Waals surface area contributed by atoms with E-state index in [9.17, 15) is 0 Å². The largest absolute Gasteiger partial charge is 0.487 e. The minimum absolute atomic E-state index is 0.00270. The van der Waals surface area contributed by atoms with Crippen LogP contribution >= 0.6 is 15.9 Å². The molecule has 2 aromatic rings. The maximum absolute atomic E-state index is 6.12. The van der Waals surface area contributed by atoms with Crippen LogP contribution in [0.5, 0.6) is 5.75 Å². The zero-order valence-electron chi connectivity index (χ0n) is 12.1. The van der Waals surface area contributed by atoms with Gasteiger partial charge in [0, 0.05) is 18.7 Å². The summed E-state index contributed by atoms with van der Waals surface area (Å²) in [5.41, 5.74) is 9.15. The molecule has 1 aromatic heterocycles. The molecule has 20 heavy (non-hydrogen) atoms. The first-order chi connectivity index (χ1) is 9.54. The van der Waals surface area contributed by atoms with Gasteiger partial charge in [0.2, 0.25) is 0 Å². The van der Waals surface area contributed by atoms with Crippen LogP contribution in [0.1, 0.15) is 36.3 Å². The lowest BCUT2D eigenvalue weighted by atomic mass is 10.0. The maximum Gasteiger partial charge on any atom is 0.131 e. The second kappa shape index (κ2) is 6.41. The molecule has 108 valence electrons. The number of ether oxygens (including phenoxy) is 1. The molecule has 0 fully saturated rings. The molecule has 0 amide bonds. The van der Waals surface area contributed by atoms with Gasteiger partial charge in [0.25, 0.3) is 0 Å². The van der Waals surface area contributed by atoms with E-state index in [1.165, 1.54) is 0 Å². The van der Waals surface area contributed by atoms with E-state index in [1.807, 2.05) is 42.9 Å². The molecule has 0 aliphatic carbocycles. The molecule has 5 heteroatoms. The fourth-order valence-electron chi connectivity index (χ4n) is 2.12. The van der Waals surface area contributed by atoms with Gasteiger partial charge in [-0.05, 0) is 35.3 Å². The zero-order chi connectivity index (χ0) is 14.7. The van der Waals surface area contributed by atoms with Crippen LogP contribution in [0.15, 0.2) is 28.7 Å². The van der Waals surface area contributed by atoms with Crippen molar-refractivity contribution in [1.82, 2.24) is 9.78 Å². The topological polar surface area (TPSA) is 53.1 Å². The van der Waals surface area contributed by atoms with Crippen molar-refractivity contribution in [2.45, 2.75) is 32.9 Å². The van der Waals surface area contributed by atoms with E-state index < -0.39 is 0 Å². The van der Waals surface area contributed by atoms with Gasteiger partial charge in [-0.1, -0.05) is 25.1 Å². The number of aromatic nitrogens is 2. The Morgan fingerprint density at radius 3 is 2.70 bits per heavy atom. The molecular weight excluding hydrogens is 318 g/mol. The number of hydrogen-bond donors (Lipinski definition) is 1. The average Bonchev–Trinajstić information content (AvgIpc) is 2.70. The minimum atomic E-state index is 0.00270. The summed E-state index contributed by atoms with van der Waals surface area (Å²) in [6, 6.07) is 7.93. The molecule has 2 N–H and O–H groups in total. The van der Waals surface area contributed by atoms with Crippen LogP contribution in [-0.2, 0) is 13.7 Å². The highest BCUT2D eigenvalue weighted by Gasteiger charge is 2.14. The molecule has 4 nitrogen and oxygen atoms in total. The molecule has 1 aromatic carbocycles. The average molecular weight is 338 g/mol. The molecule has 0 saturated heterocycles. The van der Waals surface area contributed by atoms with Crippen molar-refractivity contribution >= 4 is 15.9 Å². The number of halogens is 1. The summed E-state index contributed by atoms with van der Waals surface area (Å²) >= 11 is 3.55. The molecule has 0 aliphatic rings. The fraction of sp³-hybridized carbons (Fsp3) is 0.400. The van der Waals surface area contributed by atoms with Gasteiger partial charge in [-0.3, -0.25) is 4.68 Å². The van der Waals surface area contributed by atoms with E-state index >= 15 is 0 Å². The fourth-order valence-corrected chi connectivity index (χ4v) is 2.57. The molecule has 1 heterocycles. The third-order valence-corrected chi connectivity index (χ3v) is 4.42. The molecule has 0 bridgehead atoms. The third-order valence-electron chi connectivity index (χ3n) is 3.38. The summed E-state index contributed by atoms with van der Waals surface area (Å²) in [5, 5.41) is 4.36. The first-order valence-corrected chi connectivity index (χ1v) is 7.49. The highest BCUT2D eigenvalue weighted by Crippen LogP contribution is 2.27. The predicted molar refractivity (Wildman–Crippen MR) is 83.6 cm³/mol. The van der Waals surface area contributed by atoms with E-state index in [0.29, 0.717) is 6.61 Å². The van der Waals surface area contributed by atoms with Crippen molar-refractivity contribution < 1.29 is 4.74 Å². The van der Waals surface area contributed by atoms with E-state index in [0.717, 1.165) is 33.6 Å². The quantitative estimate of drug-likeness (QED) is 0.908. The van der Waals surface area contributed by atoms with E-state index in [2.05, 4.69) is 28.0 Å². The maximum atomic E-state index is 6.12. The van der Waals surface area contributed by atoms with Crippen molar-refractivity contribution in [2.75, 3.05) is 0 Å². The summed E-state index contributed by atoms with van der Waals surface area (Å²) in [6.07, 6.45) is 0.884. The third kappa shape index (κ3) is 3.04. The van der Waals surface area contributed by atoms with Gasteiger partial charge >= 0.3 is 0 Å². The van der Waals surface area contributed by atoms with Crippen LogP contribution in [0, 0.1) is 6.92 Å². The number of para-hydroxylation sites is 1. The van der Waals surface area contributed by atoms with E-state index in [-0.39, 0.29) is 6.04 Å². The van der Waals surface area contributed by atoms with Gasteiger partial charge in [0.1, 0.15) is 12.4 Å². The normalized spacial score (nSPS) is 12.4. The van der Waals surface area contributed by atoms with E-state index in [4.69, 9.17) is 10.5 Å². The molecule has 0 spiro atoms. The number of benzene rings is 1. The van der Waals surface area contributed by atoms with Gasteiger partial charge in [-0.15, -0.1) is 0 Å². The molecule has 2 rings (SSSR count). The van der Waals surface area contributed by atoms with E-state index in [1.54, 1.807) is 0 Å². The Morgan fingerprint density at radius 1 is 1.40 bits per heavy atom. The summed E-state index contributed by atoms with van der Waals surface area (Å²) < 4.78 is 8.78. The predicted octanol–water partition coefficient (Wildman–Crippen LogP) is 3.48. The number of aryl methyl sites for hydroxylation is 2. The first kappa shape index (κ1) is 15.1. The van der Waals surface area contributed by atoms with Crippen LogP contribution in [0.4, 0.5) is 0 Å². The highest BCUT2D eigenvalue weighted by atomic mass is 79.9. The monoisotopic (exact) mass is 337 g/mol. The summed E-state index contributed by atoms with van der Waals surface area (Å²) in [5.74, 6) is 0.840. The second-order valence-corrected chi connectivity index (χ2v) is 5.60. The molecule has 1 atom stereocenters. The Labute approximate surface area is 128 Å². The number of rotatable bonds is 5.